The quantitative estimate of drug-likeness (QED) is 0.375. The minimum absolute atomic E-state index is 0.00411. The Morgan fingerprint density at radius 1 is 0.829 bits per heavy atom. The summed E-state index contributed by atoms with van der Waals surface area (Å²) >= 11 is 0. The highest BCUT2D eigenvalue weighted by Crippen LogP contribution is 2.68. The van der Waals surface area contributed by atoms with Crippen LogP contribution in [-0.4, -0.2) is 84.4 Å². The van der Waals surface area contributed by atoms with Gasteiger partial charge in [-0.15, -0.1) is 0 Å². The van der Waals surface area contributed by atoms with E-state index < -0.39 is 0 Å². The summed E-state index contributed by atoms with van der Waals surface area (Å²) in [6.07, 6.45) is 15.0. The molecule has 4 saturated carbocycles. The van der Waals surface area contributed by atoms with Crippen LogP contribution in [0.4, 0.5) is 0 Å². The summed E-state index contributed by atoms with van der Waals surface area (Å²) in [5.74, 6) is 1.06. The van der Waals surface area contributed by atoms with Crippen LogP contribution in [0.15, 0.2) is 0 Å². The van der Waals surface area contributed by atoms with E-state index in [-0.39, 0.29) is 40.5 Å². The van der Waals surface area contributed by atoms with Gasteiger partial charge >= 0.3 is 11.9 Å². The second-order valence-corrected chi connectivity index (χ2v) is 16.1. The molecule has 0 bridgehead atoms. The number of rotatable bonds is 4. The van der Waals surface area contributed by atoms with Crippen molar-refractivity contribution in [2.75, 3.05) is 33.2 Å². The molecule has 2 aliphatic heterocycles. The lowest BCUT2D eigenvalue weighted by molar-refractivity contribution is -0.940. The molecular weight excluding hydrogens is 514 g/mol. The monoisotopic (exact) mass is 572 g/mol. The summed E-state index contributed by atoms with van der Waals surface area (Å²) in [6.45, 7) is 12.8. The predicted molar refractivity (Wildman–Crippen MR) is 160 cm³/mol. The van der Waals surface area contributed by atoms with E-state index in [1.54, 1.807) is 13.8 Å². The zero-order valence-corrected chi connectivity index (χ0v) is 26.7. The van der Waals surface area contributed by atoms with E-state index in [2.05, 4.69) is 25.8 Å². The van der Waals surface area contributed by atoms with E-state index in [0.717, 1.165) is 62.5 Å². The molecule has 7 nitrogen and oxygen atoms in total. The maximum Gasteiger partial charge on any atom is 0.303 e. The fraction of sp³-hybridized carbons (Fsp3) is 0.941. The van der Waals surface area contributed by atoms with Crippen molar-refractivity contribution >= 4 is 11.9 Å². The molecule has 0 aromatic heterocycles. The number of quaternary nitrogens is 1. The van der Waals surface area contributed by atoms with Gasteiger partial charge in [-0.25, -0.2) is 0 Å². The van der Waals surface area contributed by atoms with E-state index in [1.165, 1.54) is 51.6 Å². The predicted octanol–water partition coefficient (Wildman–Crippen LogP) is 5.05. The molecule has 2 saturated heterocycles. The Labute approximate surface area is 248 Å². The van der Waals surface area contributed by atoms with Crippen molar-refractivity contribution in [2.24, 2.45) is 34.3 Å². The number of likely N-dealkylation sites (N-methyl/N-ethyl adjacent to an activating group) is 1. The number of carbonyl (C=O) groups excluding carboxylic acids is 2. The minimum Gasteiger partial charge on any atom is -0.461 e. The molecule has 41 heavy (non-hydrogen) atoms. The van der Waals surface area contributed by atoms with Crippen LogP contribution in [-0.2, 0) is 19.1 Å². The van der Waals surface area contributed by atoms with Crippen LogP contribution >= 0.6 is 0 Å². The number of nitrogens with two attached hydrogens (primary N) is 1. The molecule has 4 aliphatic carbocycles. The van der Waals surface area contributed by atoms with E-state index >= 15 is 0 Å². The third-order valence-corrected chi connectivity index (χ3v) is 13.9. The molecular formula is C34H58N3O4+. The Morgan fingerprint density at radius 3 is 2.15 bits per heavy atom. The average molecular weight is 573 g/mol. The fourth-order valence-corrected chi connectivity index (χ4v) is 11.9. The van der Waals surface area contributed by atoms with E-state index in [1.807, 2.05) is 0 Å². The third kappa shape index (κ3) is 4.88. The lowest BCUT2D eigenvalue weighted by Crippen LogP contribution is -2.70. The van der Waals surface area contributed by atoms with Crippen LogP contribution in [0.25, 0.3) is 0 Å². The van der Waals surface area contributed by atoms with Gasteiger partial charge in [0.1, 0.15) is 12.1 Å². The molecule has 2 N–H and O–H groups in total. The van der Waals surface area contributed by atoms with Crippen molar-refractivity contribution in [3.05, 3.63) is 0 Å². The fourth-order valence-electron chi connectivity index (χ4n) is 11.9. The number of nitrogens with zero attached hydrogens (tertiary/aromatic N) is 2. The molecule has 0 radical (unpaired) electrons. The van der Waals surface area contributed by atoms with Crippen LogP contribution in [0.3, 0.4) is 0 Å². The Hall–Kier alpha value is -1.18. The minimum atomic E-state index is -0.249. The SMILES string of the molecule is CC(=O)OC1C([N+]2(C)CCCCC2)CC2C1(C)CCC1C3(C)CC(N4CCCCC4)[C@@H](OC(C)=O)CC3CCC12N. The van der Waals surface area contributed by atoms with Crippen molar-refractivity contribution in [1.82, 2.24) is 4.90 Å². The zero-order valence-electron chi connectivity index (χ0n) is 26.7. The van der Waals surface area contributed by atoms with Crippen LogP contribution < -0.4 is 5.73 Å². The molecule has 0 aromatic rings. The molecule has 6 aliphatic rings. The molecule has 0 spiro atoms. The topological polar surface area (TPSA) is 81.9 Å². The first kappa shape index (κ1) is 29.9. The number of hydrogen-bond acceptors (Lipinski definition) is 6. The van der Waals surface area contributed by atoms with E-state index in [0.29, 0.717) is 29.8 Å². The number of ether oxygens (including phenoxy) is 2. The first-order valence-electron chi connectivity index (χ1n) is 17.1. The summed E-state index contributed by atoms with van der Waals surface area (Å²) in [4.78, 5) is 27.4. The van der Waals surface area contributed by atoms with Gasteiger partial charge in [0.15, 0.2) is 6.10 Å². The first-order valence-corrected chi connectivity index (χ1v) is 17.1. The number of piperidine rings is 2. The summed E-state index contributed by atoms with van der Waals surface area (Å²) in [5.41, 5.74) is 7.65. The van der Waals surface area contributed by atoms with Crippen LogP contribution in [0.5, 0.6) is 0 Å². The van der Waals surface area contributed by atoms with Gasteiger partial charge < -0.3 is 19.7 Å². The summed E-state index contributed by atoms with van der Waals surface area (Å²) in [6, 6.07) is 0.624. The highest BCUT2D eigenvalue weighted by atomic mass is 16.5. The molecule has 6 rings (SSSR count). The summed E-state index contributed by atoms with van der Waals surface area (Å²) in [7, 11) is 2.43. The Bertz CT molecular complexity index is 1010. The van der Waals surface area contributed by atoms with Crippen LogP contribution in [0.2, 0.25) is 0 Å². The lowest BCUT2D eigenvalue weighted by atomic mass is 9.42. The maximum absolute atomic E-state index is 12.5. The third-order valence-electron chi connectivity index (χ3n) is 13.9. The van der Waals surface area contributed by atoms with E-state index in [9.17, 15) is 9.59 Å². The molecule has 10 atom stereocenters. The van der Waals surface area contributed by atoms with Gasteiger partial charge in [-0.3, -0.25) is 14.5 Å². The van der Waals surface area contributed by atoms with Gasteiger partial charge in [0.2, 0.25) is 0 Å². The molecule has 0 aromatic carbocycles. The number of hydrogen-bond donors (Lipinski definition) is 1. The first-order chi connectivity index (χ1) is 19.4. The molecule has 9 unspecified atom stereocenters. The second kappa shape index (κ2) is 10.8. The summed E-state index contributed by atoms with van der Waals surface area (Å²) in [5, 5.41) is 0. The number of fused-ring (bicyclic) bond motifs is 5. The molecule has 7 heteroatoms. The highest BCUT2D eigenvalue weighted by Gasteiger charge is 2.71. The zero-order chi connectivity index (χ0) is 29.2. The van der Waals surface area contributed by atoms with Gasteiger partial charge in [0.05, 0.1) is 20.1 Å². The largest absolute Gasteiger partial charge is 0.461 e. The smallest absolute Gasteiger partial charge is 0.303 e. The van der Waals surface area contributed by atoms with Crippen LogP contribution in [0, 0.1) is 28.6 Å². The standard InChI is InChI=1S/C34H58N3O4/c1-23(38)40-28-20-25-12-15-34(35)29(33(25,4)22-26(28)36-16-8-6-9-17-36)13-14-32(3)30(34)21-27(31(32)41-24(2)39)37(5)18-10-7-11-19-37/h25-31H,6-22,35H2,1-5H3/q+1/t25?,26?,27?,28-,29?,30?,31?,32?,33?,34?/m0/s1. The molecule has 0 amide bonds. The molecule has 232 valence electrons. The van der Waals surface area contributed by atoms with E-state index in [4.69, 9.17) is 15.2 Å². The van der Waals surface area contributed by atoms with Gasteiger partial charge in [0.25, 0.3) is 0 Å². The molecule has 2 heterocycles. The maximum atomic E-state index is 12.5. The normalized spacial score (nSPS) is 47.9. The van der Waals surface area contributed by atoms with Gasteiger partial charge in [-0.2, -0.15) is 0 Å². The van der Waals surface area contributed by atoms with Gasteiger partial charge in [-0.05, 0) is 107 Å². The van der Waals surface area contributed by atoms with Crippen LogP contribution in [0.1, 0.15) is 111 Å². The molecule has 6 fully saturated rings. The van der Waals surface area contributed by atoms with Crippen molar-refractivity contribution in [1.29, 1.82) is 0 Å². The van der Waals surface area contributed by atoms with Gasteiger partial charge in [-0.1, -0.05) is 20.3 Å². The van der Waals surface area contributed by atoms with Crippen molar-refractivity contribution in [3.63, 3.8) is 0 Å². The summed E-state index contributed by atoms with van der Waals surface area (Å²) < 4.78 is 13.5. The van der Waals surface area contributed by atoms with Crippen molar-refractivity contribution in [2.45, 2.75) is 141 Å². The number of esters is 2. The number of likely N-dealkylation sites (tertiary alicyclic amines) is 2. The highest BCUT2D eigenvalue weighted by molar-refractivity contribution is 5.66. The Kier molecular flexibility index (Phi) is 7.84. The van der Waals surface area contributed by atoms with Crippen molar-refractivity contribution in [3.8, 4) is 0 Å². The average Bonchev–Trinajstić information content (AvgIpc) is 3.22. The Morgan fingerprint density at radius 2 is 1.49 bits per heavy atom. The van der Waals surface area contributed by atoms with Crippen molar-refractivity contribution < 1.29 is 23.5 Å². The van der Waals surface area contributed by atoms with Gasteiger partial charge in [0, 0.05) is 37.3 Å². The Balaban J connectivity index is 1.33. The number of carbonyl (C=O) groups is 2. The lowest BCUT2D eigenvalue weighted by Gasteiger charge is -2.66. The second-order valence-electron chi connectivity index (χ2n) is 16.1.